The molecule has 0 fully saturated rings. The topological polar surface area (TPSA) is 78.4 Å². The van der Waals surface area contributed by atoms with Gasteiger partial charge in [-0.15, -0.1) is 11.3 Å². The standard InChI is InChI=1S/C24H22N2O4S2/c1-17-8-11-21(12-9-17)32(27,28)29-15-14-22-18(2)31-24(26-22)19-10-13-23(25-16-19)30-20-6-4-3-5-7-20/h3-13,16H,14-15H2,1-2H3. The molecule has 0 N–H and O–H groups in total. The largest absolute Gasteiger partial charge is 0.439 e. The summed E-state index contributed by atoms with van der Waals surface area (Å²) >= 11 is 1.54. The Morgan fingerprint density at radius 1 is 0.938 bits per heavy atom. The number of benzene rings is 2. The van der Waals surface area contributed by atoms with Crippen molar-refractivity contribution in [3.63, 3.8) is 0 Å². The molecule has 0 aliphatic heterocycles. The number of nitrogens with zero attached hydrogens (tertiary/aromatic N) is 2. The van der Waals surface area contributed by atoms with E-state index < -0.39 is 10.1 Å². The summed E-state index contributed by atoms with van der Waals surface area (Å²) in [6.45, 7) is 3.90. The van der Waals surface area contributed by atoms with Crippen LogP contribution in [0.3, 0.4) is 0 Å². The van der Waals surface area contributed by atoms with Crippen molar-refractivity contribution in [1.82, 2.24) is 9.97 Å². The maximum absolute atomic E-state index is 12.3. The number of pyridine rings is 1. The average Bonchev–Trinajstić information content (AvgIpc) is 3.15. The molecule has 2 aromatic carbocycles. The number of aromatic nitrogens is 2. The van der Waals surface area contributed by atoms with Gasteiger partial charge in [0.1, 0.15) is 10.8 Å². The Kier molecular flexibility index (Phi) is 6.64. The number of aryl methyl sites for hydroxylation is 2. The van der Waals surface area contributed by atoms with Crippen molar-refractivity contribution >= 4 is 21.5 Å². The van der Waals surface area contributed by atoms with E-state index in [1.165, 1.54) is 11.3 Å². The predicted molar refractivity (Wildman–Crippen MR) is 125 cm³/mol. The van der Waals surface area contributed by atoms with Gasteiger partial charge in [-0.3, -0.25) is 4.18 Å². The highest BCUT2D eigenvalue weighted by atomic mass is 32.2. The summed E-state index contributed by atoms with van der Waals surface area (Å²) in [5.41, 5.74) is 2.68. The van der Waals surface area contributed by atoms with E-state index in [1.807, 2.05) is 50.2 Å². The zero-order valence-electron chi connectivity index (χ0n) is 17.7. The lowest BCUT2D eigenvalue weighted by molar-refractivity contribution is 0.321. The van der Waals surface area contributed by atoms with Crippen LogP contribution >= 0.6 is 11.3 Å². The Morgan fingerprint density at radius 3 is 2.38 bits per heavy atom. The molecule has 0 aliphatic carbocycles. The SMILES string of the molecule is Cc1ccc(S(=O)(=O)OCCc2nc(-c3ccc(Oc4ccccc4)nc3)sc2C)cc1. The number of rotatable bonds is 8. The van der Waals surface area contributed by atoms with Crippen LogP contribution in [-0.4, -0.2) is 25.0 Å². The zero-order valence-corrected chi connectivity index (χ0v) is 19.3. The Hall–Kier alpha value is -3.07. The number of para-hydroxylation sites is 1. The van der Waals surface area contributed by atoms with Crippen molar-refractivity contribution in [3.8, 4) is 22.2 Å². The summed E-state index contributed by atoms with van der Waals surface area (Å²) in [5.74, 6) is 1.23. The Bertz CT molecular complexity index is 1280. The molecule has 0 saturated heterocycles. The molecule has 0 amide bonds. The van der Waals surface area contributed by atoms with Crippen LogP contribution < -0.4 is 4.74 Å². The average molecular weight is 467 g/mol. The highest BCUT2D eigenvalue weighted by molar-refractivity contribution is 7.86. The molecule has 0 atom stereocenters. The summed E-state index contributed by atoms with van der Waals surface area (Å²) in [4.78, 5) is 10.2. The minimum absolute atomic E-state index is 0.0301. The van der Waals surface area contributed by atoms with Crippen molar-refractivity contribution in [1.29, 1.82) is 0 Å². The second-order valence-electron chi connectivity index (χ2n) is 7.16. The van der Waals surface area contributed by atoms with Crippen molar-refractivity contribution < 1.29 is 17.3 Å². The third-order valence-electron chi connectivity index (χ3n) is 4.73. The molecular weight excluding hydrogens is 444 g/mol. The summed E-state index contributed by atoms with van der Waals surface area (Å²) in [7, 11) is -3.78. The van der Waals surface area contributed by atoms with E-state index >= 15 is 0 Å². The van der Waals surface area contributed by atoms with Crippen LogP contribution in [0.2, 0.25) is 0 Å². The first-order valence-electron chi connectivity index (χ1n) is 10.0. The lowest BCUT2D eigenvalue weighted by atomic mass is 10.2. The van der Waals surface area contributed by atoms with Gasteiger partial charge >= 0.3 is 0 Å². The normalized spacial score (nSPS) is 11.4. The van der Waals surface area contributed by atoms with Crippen LogP contribution in [0.4, 0.5) is 0 Å². The molecule has 4 rings (SSSR count). The van der Waals surface area contributed by atoms with Crippen molar-refractivity contribution in [2.24, 2.45) is 0 Å². The van der Waals surface area contributed by atoms with Crippen molar-refractivity contribution in [3.05, 3.63) is 89.1 Å². The van der Waals surface area contributed by atoms with Crippen molar-refractivity contribution in [2.75, 3.05) is 6.61 Å². The maximum Gasteiger partial charge on any atom is 0.296 e. The van der Waals surface area contributed by atoms with Gasteiger partial charge in [-0.2, -0.15) is 8.42 Å². The quantitative estimate of drug-likeness (QED) is 0.316. The number of ether oxygens (including phenoxy) is 1. The molecule has 32 heavy (non-hydrogen) atoms. The molecule has 8 heteroatoms. The van der Waals surface area contributed by atoms with E-state index in [9.17, 15) is 8.42 Å². The van der Waals surface area contributed by atoms with Gasteiger partial charge in [0.05, 0.1) is 17.2 Å². The fourth-order valence-electron chi connectivity index (χ4n) is 2.98. The fraction of sp³-hybridized carbons (Fsp3) is 0.167. The molecule has 0 saturated carbocycles. The molecule has 2 aromatic heterocycles. The molecule has 6 nitrogen and oxygen atoms in total. The monoisotopic (exact) mass is 466 g/mol. The van der Waals surface area contributed by atoms with E-state index in [0.29, 0.717) is 12.3 Å². The van der Waals surface area contributed by atoms with Gasteiger partial charge in [-0.05, 0) is 44.2 Å². The molecule has 4 aromatic rings. The Balaban J connectivity index is 1.39. The van der Waals surface area contributed by atoms with Gasteiger partial charge < -0.3 is 4.74 Å². The fourth-order valence-corrected chi connectivity index (χ4v) is 4.84. The lowest BCUT2D eigenvalue weighted by Crippen LogP contribution is -2.09. The molecule has 0 unspecified atom stereocenters. The van der Waals surface area contributed by atoms with E-state index in [-0.39, 0.29) is 11.5 Å². The lowest BCUT2D eigenvalue weighted by Gasteiger charge is -2.05. The summed E-state index contributed by atoms with van der Waals surface area (Å²) in [6.07, 6.45) is 2.12. The first-order chi connectivity index (χ1) is 15.4. The Labute approximate surface area is 191 Å². The van der Waals surface area contributed by atoms with Gasteiger partial charge in [-0.1, -0.05) is 35.9 Å². The zero-order chi connectivity index (χ0) is 22.6. The number of thiazole rings is 1. The number of hydrogen-bond donors (Lipinski definition) is 0. The van der Waals surface area contributed by atoms with Gasteiger partial charge in [0.2, 0.25) is 5.88 Å². The molecule has 0 bridgehead atoms. The third-order valence-corrected chi connectivity index (χ3v) is 7.12. The molecule has 164 valence electrons. The highest BCUT2D eigenvalue weighted by Gasteiger charge is 2.16. The molecule has 2 heterocycles. The van der Waals surface area contributed by atoms with Crippen LogP contribution in [0.15, 0.2) is 77.8 Å². The number of hydrogen-bond acceptors (Lipinski definition) is 7. The van der Waals surface area contributed by atoms with Crippen LogP contribution in [0.5, 0.6) is 11.6 Å². The van der Waals surface area contributed by atoms with Gasteiger partial charge in [0.15, 0.2) is 0 Å². The minimum atomic E-state index is -3.78. The summed E-state index contributed by atoms with van der Waals surface area (Å²) in [5, 5.41) is 0.817. The molecule has 0 spiro atoms. The highest BCUT2D eigenvalue weighted by Crippen LogP contribution is 2.29. The predicted octanol–water partition coefficient (Wildman–Crippen LogP) is 5.56. The van der Waals surface area contributed by atoms with E-state index in [1.54, 1.807) is 36.5 Å². The summed E-state index contributed by atoms with van der Waals surface area (Å²) < 4.78 is 35.6. The third kappa shape index (κ3) is 5.40. The maximum atomic E-state index is 12.3. The van der Waals surface area contributed by atoms with Gasteiger partial charge in [0.25, 0.3) is 10.1 Å². The van der Waals surface area contributed by atoms with Crippen LogP contribution in [0.1, 0.15) is 16.1 Å². The van der Waals surface area contributed by atoms with Gasteiger partial charge in [0, 0.05) is 29.1 Å². The smallest absolute Gasteiger partial charge is 0.296 e. The van der Waals surface area contributed by atoms with E-state index in [4.69, 9.17) is 8.92 Å². The van der Waals surface area contributed by atoms with Crippen LogP contribution in [-0.2, 0) is 20.7 Å². The second kappa shape index (κ2) is 9.60. The van der Waals surface area contributed by atoms with Crippen molar-refractivity contribution in [2.45, 2.75) is 25.2 Å². The van der Waals surface area contributed by atoms with Crippen LogP contribution in [0.25, 0.3) is 10.6 Å². The summed E-state index contributed by atoms with van der Waals surface area (Å²) in [6, 6.07) is 19.8. The van der Waals surface area contributed by atoms with Gasteiger partial charge in [-0.25, -0.2) is 9.97 Å². The first kappa shape index (κ1) is 22.1. The molecule has 0 radical (unpaired) electrons. The van der Waals surface area contributed by atoms with Crippen LogP contribution in [0, 0.1) is 13.8 Å². The van der Waals surface area contributed by atoms with E-state index in [2.05, 4.69) is 9.97 Å². The molecular formula is C24H22N2O4S2. The second-order valence-corrected chi connectivity index (χ2v) is 9.98. The minimum Gasteiger partial charge on any atom is -0.439 e. The molecule has 0 aliphatic rings. The Morgan fingerprint density at radius 2 is 1.69 bits per heavy atom. The first-order valence-corrected chi connectivity index (χ1v) is 12.2. The van der Waals surface area contributed by atoms with E-state index in [0.717, 1.165) is 32.5 Å².